The molecule has 1 unspecified atom stereocenters. The Morgan fingerprint density at radius 1 is 1.29 bits per heavy atom. The number of likely N-dealkylation sites (tertiary alicyclic amines) is 1. The third-order valence-corrected chi connectivity index (χ3v) is 3.27. The number of piperidine rings is 1. The molecule has 1 fully saturated rings. The number of aliphatic hydroxyl groups excluding tert-OH is 1. The van der Waals surface area contributed by atoms with E-state index in [1.54, 1.807) is 0 Å². The van der Waals surface area contributed by atoms with E-state index in [4.69, 9.17) is 0 Å². The van der Waals surface area contributed by atoms with E-state index in [1.807, 2.05) is 0 Å². The Morgan fingerprint density at radius 2 is 1.95 bits per heavy atom. The molecule has 1 aliphatic heterocycles. The van der Waals surface area contributed by atoms with Gasteiger partial charge in [0.25, 0.3) is 5.91 Å². The molecule has 2 rings (SSSR count). The quantitative estimate of drug-likeness (QED) is 0.862. The summed E-state index contributed by atoms with van der Waals surface area (Å²) in [6.45, 7) is 0.493. The van der Waals surface area contributed by atoms with Crippen molar-refractivity contribution in [2.24, 2.45) is 0 Å². The van der Waals surface area contributed by atoms with Gasteiger partial charge in [0.15, 0.2) is 0 Å². The van der Waals surface area contributed by atoms with Crippen LogP contribution in [0.4, 0.5) is 8.78 Å². The van der Waals surface area contributed by atoms with E-state index in [0.29, 0.717) is 25.5 Å². The maximum atomic E-state index is 13.0. The molecule has 0 spiro atoms. The monoisotopic (exact) mass is 298 g/mol. The molecule has 0 saturated carbocycles. The number of nitrogens with one attached hydrogen (secondary N) is 1. The van der Waals surface area contributed by atoms with Crippen LogP contribution in [0, 0.1) is 11.6 Å². The molecule has 0 bridgehead atoms. The van der Waals surface area contributed by atoms with E-state index >= 15 is 0 Å². The number of carbonyl (C=O) groups is 2. The molecule has 7 heteroatoms. The molecule has 1 aliphatic rings. The summed E-state index contributed by atoms with van der Waals surface area (Å²) in [5.74, 6) is -2.77. The molecule has 1 heterocycles. The van der Waals surface area contributed by atoms with Crippen molar-refractivity contribution in [3.05, 3.63) is 35.4 Å². The van der Waals surface area contributed by atoms with Crippen molar-refractivity contribution in [1.82, 2.24) is 10.2 Å². The normalized spacial score (nSPS) is 18.4. The van der Waals surface area contributed by atoms with Gasteiger partial charge in [0.1, 0.15) is 11.6 Å². The highest BCUT2D eigenvalue weighted by Gasteiger charge is 2.22. The number of β-amino-alcohol motifs (C(OH)–C–C–N with tert-alkyl or cyclic N) is 1. The molecule has 1 saturated heterocycles. The number of nitrogens with zero attached hydrogens (tertiary/aromatic N) is 1. The van der Waals surface area contributed by atoms with Crippen LogP contribution in [-0.2, 0) is 4.79 Å². The molecule has 1 aromatic rings. The van der Waals surface area contributed by atoms with Crippen LogP contribution >= 0.6 is 0 Å². The van der Waals surface area contributed by atoms with E-state index in [2.05, 4.69) is 5.32 Å². The topological polar surface area (TPSA) is 69.6 Å². The van der Waals surface area contributed by atoms with Crippen molar-refractivity contribution in [3.8, 4) is 0 Å². The minimum atomic E-state index is -0.856. The number of amides is 2. The average Bonchev–Trinajstić information content (AvgIpc) is 2.43. The van der Waals surface area contributed by atoms with Gasteiger partial charge in [-0.2, -0.15) is 0 Å². The lowest BCUT2D eigenvalue weighted by molar-refractivity contribution is -0.133. The lowest BCUT2D eigenvalue weighted by atomic mass is 10.1. The Balaban J connectivity index is 1.90. The first-order valence-electron chi connectivity index (χ1n) is 6.66. The Hall–Kier alpha value is -2.02. The first-order valence-corrected chi connectivity index (χ1v) is 6.66. The molecule has 21 heavy (non-hydrogen) atoms. The van der Waals surface area contributed by atoms with Crippen LogP contribution in [0.2, 0.25) is 0 Å². The smallest absolute Gasteiger partial charge is 0.251 e. The molecule has 0 aromatic heterocycles. The van der Waals surface area contributed by atoms with Crippen LogP contribution < -0.4 is 5.32 Å². The molecule has 0 radical (unpaired) electrons. The van der Waals surface area contributed by atoms with Gasteiger partial charge in [0.05, 0.1) is 12.6 Å². The number of aliphatic hydroxyl groups is 1. The Kier molecular flexibility index (Phi) is 4.85. The number of carbonyl (C=O) groups excluding carboxylic acids is 2. The van der Waals surface area contributed by atoms with Gasteiger partial charge < -0.3 is 15.3 Å². The van der Waals surface area contributed by atoms with E-state index in [-0.39, 0.29) is 24.6 Å². The van der Waals surface area contributed by atoms with Gasteiger partial charge in [-0.1, -0.05) is 0 Å². The Bertz CT molecular complexity index is 531. The summed E-state index contributed by atoms with van der Waals surface area (Å²) in [7, 11) is 0. The van der Waals surface area contributed by atoms with Gasteiger partial charge >= 0.3 is 0 Å². The molecular formula is C14H16F2N2O3. The maximum Gasteiger partial charge on any atom is 0.251 e. The largest absolute Gasteiger partial charge is 0.391 e. The van der Waals surface area contributed by atoms with Gasteiger partial charge in [-0.3, -0.25) is 9.59 Å². The van der Waals surface area contributed by atoms with Crippen LogP contribution in [0.3, 0.4) is 0 Å². The van der Waals surface area contributed by atoms with Crippen LogP contribution in [0.15, 0.2) is 18.2 Å². The zero-order valence-electron chi connectivity index (χ0n) is 11.3. The minimum absolute atomic E-state index is 0.182. The first kappa shape index (κ1) is 15.4. The van der Waals surface area contributed by atoms with Crippen LogP contribution in [0.5, 0.6) is 0 Å². The summed E-state index contributed by atoms with van der Waals surface area (Å²) >= 11 is 0. The second-order valence-electron chi connectivity index (χ2n) is 4.98. The predicted octanol–water partition coefficient (Wildman–Crippen LogP) is 0.678. The Labute approximate surface area is 120 Å². The molecule has 114 valence electrons. The summed E-state index contributed by atoms with van der Waals surface area (Å²) in [4.78, 5) is 25.1. The molecular weight excluding hydrogens is 282 g/mol. The fourth-order valence-electron chi connectivity index (χ4n) is 2.24. The average molecular weight is 298 g/mol. The number of rotatable bonds is 3. The molecule has 2 N–H and O–H groups in total. The zero-order chi connectivity index (χ0) is 15.4. The van der Waals surface area contributed by atoms with Gasteiger partial charge in [0.2, 0.25) is 5.91 Å². The second-order valence-corrected chi connectivity index (χ2v) is 4.98. The highest BCUT2D eigenvalue weighted by molar-refractivity contribution is 5.96. The van der Waals surface area contributed by atoms with Crippen molar-refractivity contribution in [2.75, 3.05) is 19.6 Å². The molecule has 0 aliphatic carbocycles. The molecule has 1 atom stereocenters. The fourth-order valence-corrected chi connectivity index (χ4v) is 2.24. The standard InChI is InChI=1S/C14H16F2N2O3/c15-10-4-9(5-11(16)6-10)14(21)17-7-13(20)18-3-1-2-12(19)8-18/h4-6,12,19H,1-3,7-8H2,(H,17,21). The van der Waals surface area contributed by atoms with Gasteiger partial charge in [-0.05, 0) is 25.0 Å². The van der Waals surface area contributed by atoms with E-state index < -0.39 is 23.6 Å². The van der Waals surface area contributed by atoms with E-state index in [0.717, 1.165) is 12.1 Å². The summed E-state index contributed by atoms with van der Waals surface area (Å²) in [5, 5.41) is 11.8. The lowest BCUT2D eigenvalue weighted by Crippen LogP contribution is -2.46. The summed E-state index contributed by atoms with van der Waals surface area (Å²) < 4.78 is 26.0. The third-order valence-electron chi connectivity index (χ3n) is 3.27. The number of hydrogen-bond acceptors (Lipinski definition) is 3. The van der Waals surface area contributed by atoms with Crippen LogP contribution in [0.25, 0.3) is 0 Å². The predicted molar refractivity (Wildman–Crippen MR) is 70.5 cm³/mol. The highest BCUT2D eigenvalue weighted by atomic mass is 19.1. The van der Waals surface area contributed by atoms with E-state index in [9.17, 15) is 23.5 Å². The lowest BCUT2D eigenvalue weighted by Gasteiger charge is -2.30. The number of benzene rings is 1. The minimum Gasteiger partial charge on any atom is -0.391 e. The number of hydrogen-bond donors (Lipinski definition) is 2. The number of halogens is 2. The summed E-state index contributed by atoms with van der Waals surface area (Å²) in [6.07, 6.45) is 0.810. The van der Waals surface area contributed by atoms with Crippen molar-refractivity contribution >= 4 is 11.8 Å². The van der Waals surface area contributed by atoms with Crippen molar-refractivity contribution < 1.29 is 23.5 Å². The molecule has 2 amide bonds. The zero-order valence-corrected chi connectivity index (χ0v) is 11.3. The van der Waals surface area contributed by atoms with Gasteiger partial charge in [0, 0.05) is 24.7 Å². The van der Waals surface area contributed by atoms with Crippen molar-refractivity contribution in [1.29, 1.82) is 0 Å². The Morgan fingerprint density at radius 3 is 2.57 bits per heavy atom. The van der Waals surface area contributed by atoms with Crippen molar-refractivity contribution in [2.45, 2.75) is 18.9 Å². The maximum absolute atomic E-state index is 13.0. The van der Waals surface area contributed by atoms with Crippen LogP contribution in [0.1, 0.15) is 23.2 Å². The molecule has 1 aromatic carbocycles. The SMILES string of the molecule is O=C(NCC(=O)N1CCCC(O)C1)c1cc(F)cc(F)c1. The molecule has 5 nitrogen and oxygen atoms in total. The fraction of sp³-hybridized carbons (Fsp3) is 0.429. The van der Waals surface area contributed by atoms with E-state index in [1.165, 1.54) is 4.90 Å². The van der Waals surface area contributed by atoms with Gasteiger partial charge in [-0.25, -0.2) is 8.78 Å². The first-order chi connectivity index (χ1) is 9.95. The third kappa shape index (κ3) is 4.22. The second kappa shape index (κ2) is 6.62. The highest BCUT2D eigenvalue weighted by Crippen LogP contribution is 2.10. The van der Waals surface area contributed by atoms with Crippen LogP contribution in [-0.4, -0.2) is 47.6 Å². The van der Waals surface area contributed by atoms with Gasteiger partial charge in [-0.15, -0.1) is 0 Å². The summed E-state index contributed by atoms with van der Waals surface area (Å²) in [5.41, 5.74) is -0.182. The van der Waals surface area contributed by atoms with Crippen molar-refractivity contribution in [3.63, 3.8) is 0 Å². The summed E-state index contributed by atoms with van der Waals surface area (Å²) in [6, 6.07) is 2.46.